The highest BCUT2D eigenvalue weighted by Crippen LogP contribution is 2.26. The second-order valence-electron chi connectivity index (χ2n) is 9.14. The molecule has 10 heteroatoms. The van der Waals surface area contributed by atoms with Crippen molar-refractivity contribution >= 4 is 27.5 Å². The molecule has 2 N–H and O–H groups in total. The summed E-state index contributed by atoms with van der Waals surface area (Å²) in [7, 11) is -2.26. The third kappa shape index (κ3) is 5.28. The molecule has 0 saturated carbocycles. The maximum atomic E-state index is 13.3. The SMILES string of the molecule is COc1ccc(NC(=O)[C@@H]2CCCN(S(=O)(=O)c3c[nH]c(C(=O)N4CCC(C)CC4)c3)C2)cc1. The Kier molecular flexibility index (Phi) is 7.27. The fourth-order valence-corrected chi connectivity index (χ4v) is 5.99. The quantitative estimate of drug-likeness (QED) is 0.649. The van der Waals surface area contributed by atoms with E-state index >= 15 is 0 Å². The summed E-state index contributed by atoms with van der Waals surface area (Å²) in [6, 6.07) is 8.41. The van der Waals surface area contributed by atoms with Crippen molar-refractivity contribution < 1.29 is 22.7 Å². The Hall–Kier alpha value is -2.85. The van der Waals surface area contributed by atoms with Crippen molar-refractivity contribution in [3.8, 4) is 5.75 Å². The molecule has 2 amide bonds. The van der Waals surface area contributed by atoms with E-state index in [9.17, 15) is 18.0 Å². The van der Waals surface area contributed by atoms with Crippen LogP contribution in [0.25, 0.3) is 0 Å². The molecule has 9 nitrogen and oxygen atoms in total. The molecule has 1 atom stereocenters. The average Bonchev–Trinajstić information content (AvgIpc) is 3.36. The highest BCUT2D eigenvalue weighted by atomic mass is 32.2. The Bertz CT molecular complexity index is 1120. The third-order valence-corrected chi connectivity index (χ3v) is 8.55. The smallest absolute Gasteiger partial charge is 0.270 e. The number of carbonyl (C=O) groups excluding carboxylic acids is 2. The Morgan fingerprint density at radius 1 is 1.09 bits per heavy atom. The number of benzene rings is 1. The van der Waals surface area contributed by atoms with Crippen molar-refractivity contribution in [2.75, 3.05) is 38.6 Å². The number of rotatable bonds is 6. The monoisotopic (exact) mass is 488 g/mol. The van der Waals surface area contributed by atoms with E-state index in [0.29, 0.717) is 49.8 Å². The molecule has 0 spiro atoms. The van der Waals surface area contributed by atoms with E-state index in [1.807, 2.05) is 0 Å². The second-order valence-corrected chi connectivity index (χ2v) is 11.1. The molecular weight excluding hydrogens is 456 g/mol. The van der Waals surface area contributed by atoms with E-state index in [2.05, 4.69) is 17.2 Å². The molecule has 3 heterocycles. The molecule has 0 radical (unpaired) electrons. The van der Waals surface area contributed by atoms with Gasteiger partial charge in [-0.25, -0.2) is 8.42 Å². The first-order valence-corrected chi connectivity index (χ1v) is 13.1. The molecule has 0 bridgehead atoms. The van der Waals surface area contributed by atoms with Gasteiger partial charge in [0, 0.05) is 38.1 Å². The number of hydrogen-bond acceptors (Lipinski definition) is 5. The van der Waals surface area contributed by atoms with Crippen molar-refractivity contribution in [3.05, 3.63) is 42.2 Å². The minimum Gasteiger partial charge on any atom is -0.497 e. The number of likely N-dealkylation sites (tertiary alicyclic amines) is 1. The molecule has 2 aliphatic rings. The first-order valence-electron chi connectivity index (χ1n) is 11.7. The van der Waals surface area contributed by atoms with E-state index < -0.39 is 15.9 Å². The number of H-pyrrole nitrogens is 1. The summed E-state index contributed by atoms with van der Waals surface area (Å²) >= 11 is 0. The minimum absolute atomic E-state index is 0.0532. The van der Waals surface area contributed by atoms with Gasteiger partial charge in [-0.1, -0.05) is 6.92 Å². The number of ether oxygens (including phenoxy) is 1. The predicted molar refractivity (Wildman–Crippen MR) is 128 cm³/mol. The summed E-state index contributed by atoms with van der Waals surface area (Å²) in [6.45, 7) is 3.97. The Morgan fingerprint density at radius 2 is 1.79 bits per heavy atom. The first kappa shape index (κ1) is 24.3. The van der Waals surface area contributed by atoms with Crippen LogP contribution in [0.4, 0.5) is 5.69 Å². The normalized spacial score (nSPS) is 20.2. The lowest BCUT2D eigenvalue weighted by molar-refractivity contribution is -0.120. The molecule has 2 aliphatic heterocycles. The van der Waals surface area contributed by atoms with Crippen LogP contribution < -0.4 is 10.1 Å². The summed E-state index contributed by atoms with van der Waals surface area (Å²) in [5.74, 6) is 0.434. The molecule has 2 saturated heterocycles. The zero-order chi connectivity index (χ0) is 24.3. The van der Waals surface area contributed by atoms with Gasteiger partial charge >= 0.3 is 0 Å². The fraction of sp³-hybridized carbons (Fsp3) is 0.500. The lowest BCUT2D eigenvalue weighted by atomic mass is 9.99. The molecule has 4 rings (SSSR count). The molecule has 2 aromatic rings. The molecule has 34 heavy (non-hydrogen) atoms. The van der Waals surface area contributed by atoms with Gasteiger partial charge in [-0.2, -0.15) is 4.31 Å². The van der Waals surface area contributed by atoms with Crippen molar-refractivity contribution in [1.82, 2.24) is 14.2 Å². The van der Waals surface area contributed by atoms with Gasteiger partial charge in [0.25, 0.3) is 5.91 Å². The van der Waals surface area contributed by atoms with E-state index in [-0.39, 0.29) is 28.9 Å². The number of piperidine rings is 2. The van der Waals surface area contributed by atoms with Crippen molar-refractivity contribution in [3.63, 3.8) is 0 Å². The second kappa shape index (κ2) is 10.2. The molecule has 184 valence electrons. The van der Waals surface area contributed by atoms with Crippen LogP contribution in [0.1, 0.15) is 43.1 Å². The van der Waals surface area contributed by atoms with Crippen LogP contribution in [-0.2, 0) is 14.8 Å². The highest BCUT2D eigenvalue weighted by molar-refractivity contribution is 7.89. The summed E-state index contributed by atoms with van der Waals surface area (Å²) < 4.78 is 33.0. The summed E-state index contributed by atoms with van der Waals surface area (Å²) in [5.41, 5.74) is 0.908. The van der Waals surface area contributed by atoms with Crippen LogP contribution >= 0.6 is 0 Å². The number of anilines is 1. The highest BCUT2D eigenvalue weighted by Gasteiger charge is 2.34. The fourth-order valence-electron chi connectivity index (χ4n) is 4.47. The number of amides is 2. The van der Waals surface area contributed by atoms with Gasteiger partial charge in [0.1, 0.15) is 16.3 Å². The van der Waals surface area contributed by atoms with E-state index in [1.54, 1.807) is 36.3 Å². The number of methoxy groups -OCH3 is 1. The topological polar surface area (TPSA) is 112 Å². The van der Waals surface area contributed by atoms with Gasteiger partial charge in [-0.05, 0) is 61.9 Å². The number of aromatic amines is 1. The molecule has 1 aromatic heterocycles. The number of nitrogens with zero attached hydrogens (tertiary/aromatic N) is 2. The lowest BCUT2D eigenvalue weighted by Gasteiger charge is -2.31. The number of hydrogen-bond donors (Lipinski definition) is 2. The van der Waals surface area contributed by atoms with E-state index in [0.717, 1.165) is 12.8 Å². The van der Waals surface area contributed by atoms with Crippen LogP contribution in [0, 0.1) is 11.8 Å². The van der Waals surface area contributed by atoms with E-state index in [1.165, 1.54) is 16.6 Å². The van der Waals surface area contributed by atoms with Gasteiger partial charge in [-0.3, -0.25) is 9.59 Å². The number of aromatic nitrogens is 1. The van der Waals surface area contributed by atoms with Crippen LogP contribution in [0.3, 0.4) is 0 Å². The summed E-state index contributed by atoms with van der Waals surface area (Å²) in [4.78, 5) is 30.3. The summed E-state index contributed by atoms with van der Waals surface area (Å²) in [6.07, 6.45) is 4.47. The van der Waals surface area contributed by atoms with Crippen LogP contribution in [-0.4, -0.2) is 67.7 Å². The standard InChI is InChI=1S/C24H32N4O5S/c1-17-9-12-27(13-10-17)24(30)22-14-21(15-25-22)34(31,32)28-11-3-4-18(16-28)23(29)26-19-5-7-20(33-2)8-6-19/h5-8,14-15,17-18,25H,3-4,9-13,16H2,1-2H3,(H,26,29)/t18-/m1/s1. The lowest BCUT2D eigenvalue weighted by Crippen LogP contribution is -2.43. The maximum absolute atomic E-state index is 13.3. The third-order valence-electron chi connectivity index (χ3n) is 6.71. The van der Waals surface area contributed by atoms with Gasteiger partial charge in [0.2, 0.25) is 15.9 Å². The van der Waals surface area contributed by atoms with Gasteiger partial charge in [0.15, 0.2) is 0 Å². The van der Waals surface area contributed by atoms with Gasteiger partial charge in [-0.15, -0.1) is 0 Å². The largest absolute Gasteiger partial charge is 0.497 e. The van der Waals surface area contributed by atoms with Gasteiger partial charge < -0.3 is 19.9 Å². The Balaban J connectivity index is 1.41. The molecule has 0 unspecified atom stereocenters. The maximum Gasteiger partial charge on any atom is 0.270 e. The summed E-state index contributed by atoms with van der Waals surface area (Å²) in [5, 5.41) is 2.86. The number of carbonyl (C=O) groups is 2. The van der Waals surface area contributed by atoms with E-state index in [4.69, 9.17) is 4.74 Å². The van der Waals surface area contributed by atoms with Crippen molar-refractivity contribution in [2.45, 2.75) is 37.5 Å². The number of sulfonamides is 1. The molecule has 2 fully saturated rings. The predicted octanol–water partition coefficient (Wildman–Crippen LogP) is 2.93. The zero-order valence-corrected chi connectivity index (χ0v) is 20.4. The van der Waals surface area contributed by atoms with Crippen LogP contribution in [0.15, 0.2) is 41.4 Å². The molecule has 1 aromatic carbocycles. The molecular formula is C24H32N4O5S. The Labute approximate surface area is 200 Å². The first-order chi connectivity index (χ1) is 16.3. The minimum atomic E-state index is -3.83. The molecule has 0 aliphatic carbocycles. The van der Waals surface area contributed by atoms with Crippen molar-refractivity contribution in [2.24, 2.45) is 11.8 Å². The van der Waals surface area contributed by atoms with Gasteiger partial charge in [0.05, 0.1) is 13.0 Å². The van der Waals surface area contributed by atoms with Crippen molar-refractivity contribution in [1.29, 1.82) is 0 Å². The number of nitrogens with one attached hydrogen (secondary N) is 2. The van der Waals surface area contributed by atoms with Crippen LogP contribution in [0.5, 0.6) is 5.75 Å². The average molecular weight is 489 g/mol. The van der Waals surface area contributed by atoms with Crippen LogP contribution in [0.2, 0.25) is 0 Å². The zero-order valence-electron chi connectivity index (χ0n) is 19.6. The Morgan fingerprint density at radius 3 is 2.47 bits per heavy atom.